The van der Waals surface area contributed by atoms with Gasteiger partial charge in [0.2, 0.25) is 21.8 Å². The van der Waals surface area contributed by atoms with Crippen molar-refractivity contribution in [2.45, 2.75) is 24.0 Å². The van der Waals surface area contributed by atoms with Crippen molar-refractivity contribution >= 4 is 44.4 Å². The molecule has 1 saturated heterocycles. The van der Waals surface area contributed by atoms with Gasteiger partial charge in [-0.25, -0.2) is 13.2 Å². The fourth-order valence-electron chi connectivity index (χ4n) is 4.96. The molecule has 0 aliphatic carbocycles. The summed E-state index contributed by atoms with van der Waals surface area (Å²) in [5.74, 6) is -0.787. The zero-order valence-electron chi connectivity index (χ0n) is 24.4. The summed E-state index contributed by atoms with van der Waals surface area (Å²) in [6.45, 7) is 4.03. The van der Waals surface area contributed by atoms with Crippen LogP contribution in [0.3, 0.4) is 0 Å². The zero-order chi connectivity index (χ0) is 31.0. The normalized spacial score (nSPS) is 14.5. The number of piperazine rings is 1. The molecule has 0 unspecified atom stereocenters. The first-order valence-electron chi connectivity index (χ1n) is 14.0. The Labute approximate surface area is 252 Å². The first-order chi connectivity index (χ1) is 20.6. The SMILES string of the molecule is C=CC(=O)NCC[C@H](NC(=O)OCc1ccccc1)C(=O)N1CCN(S(=O)(=O)c2cccc3c(N(C)C)cccc23)CC1. The number of anilines is 1. The van der Waals surface area contributed by atoms with Crippen molar-refractivity contribution in [3.05, 3.63) is 84.9 Å². The average Bonchev–Trinajstić information content (AvgIpc) is 3.02. The van der Waals surface area contributed by atoms with Gasteiger partial charge in [0.05, 0.1) is 4.90 Å². The van der Waals surface area contributed by atoms with Gasteiger partial charge in [-0.2, -0.15) is 4.31 Å². The molecule has 1 fully saturated rings. The van der Waals surface area contributed by atoms with Gasteiger partial charge in [0, 0.05) is 63.3 Å². The first-order valence-corrected chi connectivity index (χ1v) is 15.4. The summed E-state index contributed by atoms with van der Waals surface area (Å²) in [7, 11) is -0.0348. The van der Waals surface area contributed by atoms with Crippen LogP contribution in [-0.2, 0) is 31.0 Å². The van der Waals surface area contributed by atoms with Crippen molar-refractivity contribution in [2.24, 2.45) is 0 Å². The van der Waals surface area contributed by atoms with Crippen LogP contribution in [0, 0.1) is 0 Å². The standard InChI is InChI=1S/C31H37N5O6S/c1-4-29(37)32-17-16-26(33-31(39)42-22-23-10-6-5-7-11-23)30(38)35-18-20-36(21-19-35)43(40,41)28-15-9-12-24-25(28)13-8-14-27(24)34(2)3/h4-15,26H,1,16-22H2,2-3H3,(H,32,37)(H,33,39)/t26-/m0/s1. The Balaban J connectivity index is 1.43. The molecular weight excluding hydrogens is 570 g/mol. The molecule has 0 spiro atoms. The third kappa shape index (κ3) is 7.70. The van der Waals surface area contributed by atoms with Crippen molar-refractivity contribution in [3.63, 3.8) is 0 Å². The highest BCUT2D eigenvalue weighted by molar-refractivity contribution is 7.89. The highest BCUT2D eigenvalue weighted by atomic mass is 32.2. The molecule has 3 aromatic rings. The minimum Gasteiger partial charge on any atom is -0.445 e. The van der Waals surface area contributed by atoms with E-state index in [2.05, 4.69) is 17.2 Å². The quantitative estimate of drug-likeness (QED) is 0.321. The lowest BCUT2D eigenvalue weighted by Gasteiger charge is -2.36. The van der Waals surface area contributed by atoms with E-state index in [1.807, 2.05) is 67.5 Å². The molecule has 1 atom stereocenters. The molecule has 0 saturated carbocycles. The number of hydrogen-bond donors (Lipinski definition) is 2. The van der Waals surface area contributed by atoms with Crippen LogP contribution in [0.4, 0.5) is 10.5 Å². The van der Waals surface area contributed by atoms with Gasteiger partial charge in [0.15, 0.2) is 0 Å². The van der Waals surface area contributed by atoms with E-state index >= 15 is 0 Å². The van der Waals surface area contributed by atoms with Gasteiger partial charge in [0.1, 0.15) is 12.6 Å². The fraction of sp³-hybridized carbons (Fsp3) is 0.323. The van der Waals surface area contributed by atoms with Crippen LogP contribution in [0.25, 0.3) is 10.8 Å². The zero-order valence-corrected chi connectivity index (χ0v) is 25.2. The molecule has 4 rings (SSSR count). The van der Waals surface area contributed by atoms with Gasteiger partial charge < -0.3 is 25.2 Å². The summed E-state index contributed by atoms with van der Waals surface area (Å²) >= 11 is 0. The van der Waals surface area contributed by atoms with Gasteiger partial charge in [-0.05, 0) is 30.2 Å². The van der Waals surface area contributed by atoms with Crippen molar-refractivity contribution in [1.29, 1.82) is 0 Å². The molecule has 228 valence electrons. The van der Waals surface area contributed by atoms with E-state index in [1.54, 1.807) is 18.2 Å². The Bertz CT molecular complexity index is 1570. The number of nitrogens with zero attached hydrogens (tertiary/aromatic N) is 3. The lowest BCUT2D eigenvalue weighted by atomic mass is 10.1. The van der Waals surface area contributed by atoms with E-state index in [9.17, 15) is 22.8 Å². The van der Waals surface area contributed by atoms with Gasteiger partial charge in [-0.1, -0.05) is 61.2 Å². The molecule has 2 N–H and O–H groups in total. The largest absolute Gasteiger partial charge is 0.445 e. The monoisotopic (exact) mass is 607 g/mol. The van der Waals surface area contributed by atoms with Crippen LogP contribution >= 0.6 is 0 Å². The number of benzene rings is 3. The minimum atomic E-state index is -3.85. The van der Waals surface area contributed by atoms with E-state index < -0.39 is 28.1 Å². The van der Waals surface area contributed by atoms with E-state index in [0.717, 1.165) is 22.7 Å². The Morgan fingerprint density at radius 3 is 2.30 bits per heavy atom. The lowest BCUT2D eigenvalue weighted by molar-refractivity contribution is -0.134. The van der Waals surface area contributed by atoms with Crippen LogP contribution in [0.2, 0.25) is 0 Å². The van der Waals surface area contributed by atoms with Crippen molar-refractivity contribution < 1.29 is 27.5 Å². The van der Waals surface area contributed by atoms with Gasteiger partial charge in [-0.15, -0.1) is 0 Å². The van der Waals surface area contributed by atoms with Gasteiger partial charge >= 0.3 is 6.09 Å². The number of carbonyl (C=O) groups is 3. The summed E-state index contributed by atoms with van der Waals surface area (Å²) in [4.78, 5) is 41.4. The molecule has 0 aromatic heterocycles. The third-order valence-electron chi connectivity index (χ3n) is 7.23. The van der Waals surface area contributed by atoms with Crippen molar-refractivity contribution in [1.82, 2.24) is 19.8 Å². The van der Waals surface area contributed by atoms with Crippen molar-refractivity contribution in [2.75, 3.05) is 51.7 Å². The number of rotatable bonds is 11. The Hall–Kier alpha value is -4.42. The topological polar surface area (TPSA) is 128 Å². The Morgan fingerprint density at radius 1 is 0.953 bits per heavy atom. The summed E-state index contributed by atoms with van der Waals surface area (Å²) in [6.07, 6.45) is 0.461. The average molecular weight is 608 g/mol. The molecule has 3 amide bonds. The van der Waals surface area contributed by atoms with E-state index in [1.165, 1.54) is 9.21 Å². The molecule has 1 aliphatic heterocycles. The van der Waals surface area contributed by atoms with Crippen LogP contribution < -0.4 is 15.5 Å². The van der Waals surface area contributed by atoms with Crippen LogP contribution in [0.5, 0.6) is 0 Å². The number of carbonyl (C=O) groups excluding carboxylic acids is 3. The van der Waals surface area contributed by atoms with E-state index in [0.29, 0.717) is 5.39 Å². The molecule has 11 nitrogen and oxygen atoms in total. The number of fused-ring (bicyclic) bond motifs is 1. The molecule has 0 radical (unpaired) electrons. The lowest BCUT2D eigenvalue weighted by Crippen LogP contribution is -2.56. The number of ether oxygens (including phenoxy) is 1. The van der Waals surface area contributed by atoms with Crippen LogP contribution in [-0.4, -0.2) is 88.4 Å². The Kier molecular flexibility index (Phi) is 10.4. The summed E-state index contributed by atoms with van der Waals surface area (Å²) in [5, 5.41) is 6.69. The molecule has 1 aliphatic rings. The number of nitrogens with one attached hydrogen (secondary N) is 2. The molecule has 12 heteroatoms. The third-order valence-corrected chi connectivity index (χ3v) is 9.19. The number of alkyl carbamates (subject to hydrolysis) is 1. The molecule has 0 bridgehead atoms. The smallest absolute Gasteiger partial charge is 0.408 e. The second-order valence-electron chi connectivity index (χ2n) is 10.3. The maximum Gasteiger partial charge on any atom is 0.408 e. The highest BCUT2D eigenvalue weighted by Crippen LogP contribution is 2.32. The predicted octanol–water partition coefficient (Wildman–Crippen LogP) is 2.73. The molecular formula is C31H37N5O6S. The maximum atomic E-state index is 13.7. The van der Waals surface area contributed by atoms with Crippen LogP contribution in [0.1, 0.15) is 12.0 Å². The van der Waals surface area contributed by atoms with Crippen LogP contribution in [0.15, 0.2) is 84.3 Å². The second-order valence-corrected chi connectivity index (χ2v) is 12.2. The van der Waals surface area contributed by atoms with E-state index in [-0.39, 0.29) is 56.6 Å². The minimum absolute atomic E-state index is 0.0293. The summed E-state index contributed by atoms with van der Waals surface area (Å²) < 4.78 is 34.2. The summed E-state index contributed by atoms with van der Waals surface area (Å²) in [6, 6.07) is 19.0. The van der Waals surface area contributed by atoms with Crippen molar-refractivity contribution in [3.8, 4) is 0 Å². The van der Waals surface area contributed by atoms with Gasteiger partial charge in [-0.3, -0.25) is 9.59 Å². The highest BCUT2D eigenvalue weighted by Gasteiger charge is 2.34. The van der Waals surface area contributed by atoms with Gasteiger partial charge in [0.25, 0.3) is 0 Å². The predicted molar refractivity (Wildman–Crippen MR) is 165 cm³/mol. The number of sulfonamides is 1. The maximum absolute atomic E-state index is 13.7. The molecule has 43 heavy (non-hydrogen) atoms. The fourth-order valence-corrected chi connectivity index (χ4v) is 6.59. The Morgan fingerprint density at radius 2 is 1.63 bits per heavy atom. The second kappa shape index (κ2) is 14.2. The summed E-state index contributed by atoms with van der Waals surface area (Å²) in [5.41, 5.74) is 1.70. The van der Waals surface area contributed by atoms with E-state index in [4.69, 9.17) is 4.74 Å². The molecule has 1 heterocycles. The molecule has 3 aromatic carbocycles. The number of hydrogen-bond acceptors (Lipinski definition) is 7. The number of amides is 3. The first kappa shape index (κ1) is 31.5.